The molecule has 1 aliphatic carbocycles. The molecule has 1 aliphatic heterocycles. The van der Waals surface area contributed by atoms with Crippen LogP contribution in [-0.4, -0.2) is 33.0 Å². The van der Waals surface area contributed by atoms with Gasteiger partial charge in [0.2, 0.25) is 0 Å². The van der Waals surface area contributed by atoms with Gasteiger partial charge in [-0.3, -0.25) is 9.48 Å². The van der Waals surface area contributed by atoms with Crippen LogP contribution in [0.3, 0.4) is 0 Å². The summed E-state index contributed by atoms with van der Waals surface area (Å²) in [7, 11) is 0. The molecule has 2 aromatic carbocycles. The van der Waals surface area contributed by atoms with Gasteiger partial charge in [-0.25, -0.2) is 4.39 Å². The van der Waals surface area contributed by atoms with Crippen LogP contribution in [0.15, 0.2) is 42.5 Å². The average Bonchev–Trinajstić information content (AvgIpc) is 3.16. The first-order chi connectivity index (χ1) is 14.3. The van der Waals surface area contributed by atoms with Crippen molar-refractivity contribution in [2.24, 2.45) is 5.92 Å². The molecule has 0 radical (unpaired) electrons. The lowest BCUT2D eigenvalue weighted by Gasteiger charge is -2.19. The van der Waals surface area contributed by atoms with Gasteiger partial charge in [0.05, 0.1) is 22.7 Å². The van der Waals surface area contributed by atoms with Gasteiger partial charge in [-0.05, 0) is 62.2 Å². The first-order valence-electron chi connectivity index (χ1n) is 9.94. The molecule has 1 fully saturated rings. The van der Waals surface area contributed by atoms with E-state index in [2.05, 4.69) is 5.32 Å². The molecule has 6 nitrogen and oxygen atoms in total. The third-order valence-corrected chi connectivity index (χ3v) is 5.92. The molecular formula is C23H22FN3O3. The number of carbonyl (C=O) groups excluding carboxylic acids is 1. The molecule has 2 unspecified atom stereocenters. The summed E-state index contributed by atoms with van der Waals surface area (Å²) in [5.41, 5.74) is 4.25. The molecule has 30 heavy (non-hydrogen) atoms. The molecule has 3 aromatic rings. The monoisotopic (exact) mass is 407 g/mol. The summed E-state index contributed by atoms with van der Waals surface area (Å²) in [6, 6.07) is 12.0. The number of aliphatic hydroxyl groups is 1. The molecule has 2 N–H and O–H groups in total. The molecular weight excluding hydrogens is 385 g/mol. The Hall–Kier alpha value is -3.19. The molecule has 1 saturated carbocycles. The van der Waals surface area contributed by atoms with Crippen LogP contribution < -0.4 is 10.1 Å². The number of aromatic nitrogens is 2. The van der Waals surface area contributed by atoms with E-state index in [4.69, 9.17) is 9.84 Å². The molecule has 2 aliphatic rings. The number of aryl methyl sites for hydroxylation is 1. The molecule has 0 saturated heterocycles. The van der Waals surface area contributed by atoms with Crippen LogP contribution in [0.4, 0.5) is 10.1 Å². The number of nitrogens with zero attached hydrogens (tertiary/aromatic N) is 2. The molecule has 2 atom stereocenters. The predicted molar refractivity (Wildman–Crippen MR) is 111 cm³/mol. The zero-order chi connectivity index (χ0) is 21.0. The Kier molecular flexibility index (Phi) is 4.18. The molecule has 1 amide bonds. The summed E-state index contributed by atoms with van der Waals surface area (Å²) in [6.07, 6.45) is 0.728. The zero-order valence-electron chi connectivity index (χ0n) is 16.8. The molecule has 0 bridgehead atoms. The minimum Gasteiger partial charge on any atom is -0.482 e. The van der Waals surface area contributed by atoms with Crippen molar-refractivity contribution in [3.8, 4) is 28.1 Å². The van der Waals surface area contributed by atoms with Crippen molar-refractivity contribution in [1.82, 2.24) is 9.78 Å². The van der Waals surface area contributed by atoms with Gasteiger partial charge >= 0.3 is 0 Å². The number of ether oxygens (including phenoxy) is 1. The van der Waals surface area contributed by atoms with Gasteiger partial charge in [0.25, 0.3) is 5.91 Å². The van der Waals surface area contributed by atoms with Crippen LogP contribution in [0.1, 0.15) is 19.0 Å². The Bertz CT molecular complexity index is 1150. The standard InChI is InChI=1S/C23H22FN3O3/c1-13-21(15-5-8-19-18(9-15)25-20(28)12-30-19)22(14-3-6-17(24)7-4-14)27(26-13)11-16-10-23(16,2)29/h3-9,16,29H,10-12H2,1-2H3,(H,25,28). The van der Waals surface area contributed by atoms with Crippen LogP contribution in [-0.2, 0) is 11.3 Å². The Labute approximate surface area is 173 Å². The quantitative estimate of drug-likeness (QED) is 0.690. The number of fused-ring (bicyclic) bond motifs is 1. The van der Waals surface area contributed by atoms with E-state index in [1.807, 2.05) is 36.7 Å². The summed E-state index contributed by atoms with van der Waals surface area (Å²) >= 11 is 0. The van der Waals surface area contributed by atoms with E-state index in [1.165, 1.54) is 12.1 Å². The van der Waals surface area contributed by atoms with Crippen LogP contribution in [0.2, 0.25) is 0 Å². The fraction of sp³-hybridized carbons (Fsp3) is 0.304. The van der Waals surface area contributed by atoms with E-state index < -0.39 is 5.60 Å². The number of nitrogens with one attached hydrogen (secondary N) is 1. The Morgan fingerprint density at radius 2 is 1.97 bits per heavy atom. The van der Waals surface area contributed by atoms with E-state index >= 15 is 0 Å². The van der Waals surface area contributed by atoms with Crippen molar-refractivity contribution in [2.45, 2.75) is 32.4 Å². The second-order valence-electron chi connectivity index (χ2n) is 8.30. The number of rotatable bonds is 4. The van der Waals surface area contributed by atoms with Gasteiger partial charge in [-0.1, -0.05) is 6.07 Å². The van der Waals surface area contributed by atoms with E-state index in [9.17, 15) is 14.3 Å². The minimum absolute atomic E-state index is 0.00541. The van der Waals surface area contributed by atoms with Gasteiger partial charge in [-0.15, -0.1) is 0 Å². The number of carbonyl (C=O) groups is 1. The van der Waals surface area contributed by atoms with Gasteiger partial charge in [0, 0.05) is 23.6 Å². The Morgan fingerprint density at radius 3 is 2.67 bits per heavy atom. The summed E-state index contributed by atoms with van der Waals surface area (Å²) in [4.78, 5) is 11.7. The van der Waals surface area contributed by atoms with Gasteiger partial charge in [0.1, 0.15) is 11.6 Å². The number of anilines is 1. The van der Waals surface area contributed by atoms with Crippen molar-refractivity contribution < 1.29 is 19.0 Å². The third kappa shape index (κ3) is 3.25. The number of amides is 1. The van der Waals surface area contributed by atoms with Gasteiger partial charge in [0.15, 0.2) is 6.61 Å². The van der Waals surface area contributed by atoms with E-state index in [1.54, 1.807) is 12.1 Å². The number of halogens is 1. The fourth-order valence-electron chi connectivity index (χ4n) is 4.11. The number of hydrogen-bond acceptors (Lipinski definition) is 4. The maximum Gasteiger partial charge on any atom is 0.262 e. The van der Waals surface area contributed by atoms with Crippen LogP contribution in [0.25, 0.3) is 22.4 Å². The second-order valence-corrected chi connectivity index (χ2v) is 8.30. The third-order valence-electron chi connectivity index (χ3n) is 5.92. The number of benzene rings is 2. The van der Waals surface area contributed by atoms with Gasteiger partial charge in [-0.2, -0.15) is 5.10 Å². The van der Waals surface area contributed by atoms with E-state index in [0.29, 0.717) is 18.0 Å². The van der Waals surface area contributed by atoms with Crippen molar-refractivity contribution in [2.75, 3.05) is 11.9 Å². The minimum atomic E-state index is -0.673. The van der Waals surface area contributed by atoms with E-state index in [0.717, 1.165) is 34.5 Å². The largest absolute Gasteiger partial charge is 0.482 e. The highest BCUT2D eigenvalue weighted by atomic mass is 19.1. The highest BCUT2D eigenvalue weighted by molar-refractivity contribution is 5.97. The zero-order valence-corrected chi connectivity index (χ0v) is 16.8. The highest BCUT2D eigenvalue weighted by Gasteiger charge is 2.49. The molecule has 7 heteroatoms. The topological polar surface area (TPSA) is 76.4 Å². The molecule has 5 rings (SSSR count). The summed E-state index contributed by atoms with van der Waals surface area (Å²) in [5, 5.41) is 17.9. The fourth-order valence-corrected chi connectivity index (χ4v) is 4.11. The summed E-state index contributed by atoms with van der Waals surface area (Å²) < 4.78 is 20.9. The number of hydrogen-bond donors (Lipinski definition) is 2. The summed E-state index contributed by atoms with van der Waals surface area (Å²) in [6.45, 7) is 4.34. The summed E-state index contributed by atoms with van der Waals surface area (Å²) in [5.74, 6) is 0.254. The predicted octanol–water partition coefficient (Wildman–Crippen LogP) is 3.77. The van der Waals surface area contributed by atoms with Crippen LogP contribution in [0.5, 0.6) is 5.75 Å². The lowest BCUT2D eigenvalue weighted by atomic mass is 9.98. The SMILES string of the molecule is Cc1nn(CC2CC2(C)O)c(-c2ccc(F)cc2)c1-c1ccc2c(c1)NC(=O)CO2. The average molecular weight is 407 g/mol. The highest BCUT2D eigenvalue weighted by Crippen LogP contribution is 2.46. The first kappa shape index (κ1) is 18.8. The van der Waals surface area contributed by atoms with E-state index in [-0.39, 0.29) is 24.2 Å². The maximum atomic E-state index is 13.6. The Balaban J connectivity index is 1.64. The lowest BCUT2D eigenvalue weighted by molar-refractivity contribution is -0.118. The van der Waals surface area contributed by atoms with Crippen molar-refractivity contribution >= 4 is 11.6 Å². The lowest BCUT2D eigenvalue weighted by Crippen LogP contribution is -2.25. The van der Waals surface area contributed by atoms with Crippen molar-refractivity contribution in [3.05, 3.63) is 54.0 Å². The van der Waals surface area contributed by atoms with Gasteiger partial charge < -0.3 is 15.2 Å². The molecule has 154 valence electrons. The van der Waals surface area contributed by atoms with Crippen LogP contribution >= 0.6 is 0 Å². The molecule has 2 heterocycles. The smallest absolute Gasteiger partial charge is 0.262 e. The van der Waals surface area contributed by atoms with Crippen molar-refractivity contribution in [3.63, 3.8) is 0 Å². The molecule has 0 spiro atoms. The van der Waals surface area contributed by atoms with Crippen molar-refractivity contribution in [1.29, 1.82) is 0 Å². The second kappa shape index (κ2) is 6.67. The van der Waals surface area contributed by atoms with Crippen LogP contribution in [0, 0.1) is 18.7 Å². The Morgan fingerprint density at radius 1 is 1.27 bits per heavy atom. The maximum absolute atomic E-state index is 13.6. The first-order valence-corrected chi connectivity index (χ1v) is 9.94. The normalized spacial score (nSPS) is 22.3. The molecule has 1 aromatic heterocycles.